The molecule has 2 aromatic rings. The molecule has 1 heterocycles. The van der Waals surface area contributed by atoms with Gasteiger partial charge in [-0.15, -0.1) is 0 Å². The molecule has 0 aliphatic carbocycles. The number of hydrogen-bond acceptors (Lipinski definition) is 4. The van der Waals surface area contributed by atoms with Gasteiger partial charge in [-0.25, -0.2) is 14.8 Å². The van der Waals surface area contributed by atoms with Crippen molar-refractivity contribution in [3.05, 3.63) is 48.5 Å². The number of nitrogens with zero attached hydrogens (tertiary/aromatic N) is 2. The van der Waals surface area contributed by atoms with E-state index in [2.05, 4.69) is 15.3 Å². The topological polar surface area (TPSA) is 64.1 Å². The number of amides is 1. The number of carbonyl (C=O) groups is 1. The molecular weight excluding hydrogens is 266 g/mol. The first-order chi connectivity index (χ1) is 9.94. The fraction of sp³-hybridized carbons (Fsp3) is 0.312. The maximum Gasteiger partial charge on any atom is 0.408 e. The molecule has 0 saturated carbocycles. The second-order valence-corrected chi connectivity index (χ2v) is 5.61. The van der Waals surface area contributed by atoms with Crippen LogP contribution in [0.25, 0.3) is 11.1 Å². The minimum atomic E-state index is -0.512. The quantitative estimate of drug-likeness (QED) is 0.940. The molecule has 1 aromatic heterocycles. The highest BCUT2D eigenvalue weighted by Crippen LogP contribution is 2.16. The summed E-state index contributed by atoms with van der Waals surface area (Å²) in [4.78, 5) is 20.0. The molecule has 0 atom stereocenters. The fourth-order valence-corrected chi connectivity index (χ4v) is 1.69. The number of carbonyl (C=O) groups excluding carboxylic acids is 1. The molecule has 0 fully saturated rings. The van der Waals surface area contributed by atoms with E-state index < -0.39 is 11.7 Å². The van der Waals surface area contributed by atoms with Crippen LogP contribution in [0.4, 0.5) is 4.79 Å². The number of nitrogens with one attached hydrogen (secondary N) is 1. The Bertz CT molecular complexity index is 589. The van der Waals surface area contributed by atoms with E-state index in [4.69, 9.17) is 4.74 Å². The number of benzene rings is 1. The monoisotopic (exact) mass is 285 g/mol. The van der Waals surface area contributed by atoms with Crippen LogP contribution in [0.2, 0.25) is 0 Å². The van der Waals surface area contributed by atoms with E-state index in [9.17, 15) is 4.79 Å². The van der Waals surface area contributed by atoms with Crippen LogP contribution in [0.5, 0.6) is 0 Å². The van der Waals surface area contributed by atoms with Gasteiger partial charge in [-0.05, 0) is 26.3 Å². The van der Waals surface area contributed by atoms with Crippen molar-refractivity contribution in [1.82, 2.24) is 15.3 Å². The Kier molecular flexibility index (Phi) is 4.52. The van der Waals surface area contributed by atoms with Crippen LogP contribution in [0, 0.1) is 0 Å². The van der Waals surface area contributed by atoms with E-state index in [0.717, 1.165) is 11.1 Å². The van der Waals surface area contributed by atoms with Gasteiger partial charge in [-0.3, -0.25) is 0 Å². The standard InChI is InChI=1S/C16H19N3O2/c1-16(2,3)21-15(20)19-11-14-17-9-13(10-18-14)12-7-5-4-6-8-12/h4-10H,11H2,1-3H3,(H,19,20). The first kappa shape index (κ1) is 15.0. The molecule has 0 saturated heterocycles. The predicted molar refractivity (Wildman–Crippen MR) is 80.5 cm³/mol. The van der Waals surface area contributed by atoms with Gasteiger partial charge in [0.1, 0.15) is 11.4 Å². The smallest absolute Gasteiger partial charge is 0.408 e. The van der Waals surface area contributed by atoms with Crippen molar-refractivity contribution in [3.8, 4) is 11.1 Å². The van der Waals surface area contributed by atoms with Gasteiger partial charge in [0.05, 0.1) is 6.54 Å². The molecule has 0 bridgehead atoms. The van der Waals surface area contributed by atoms with E-state index in [0.29, 0.717) is 5.82 Å². The van der Waals surface area contributed by atoms with Gasteiger partial charge >= 0.3 is 6.09 Å². The second-order valence-electron chi connectivity index (χ2n) is 5.61. The van der Waals surface area contributed by atoms with Gasteiger partial charge in [0.15, 0.2) is 0 Å². The van der Waals surface area contributed by atoms with Crippen LogP contribution in [0.15, 0.2) is 42.7 Å². The Morgan fingerprint density at radius 3 is 2.29 bits per heavy atom. The highest BCUT2D eigenvalue weighted by Gasteiger charge is 2.15. The minimum Gasteiger partial charge on any atom is -0.444 e. The molecule has 0 aliphatic heterocycles. The van der Waals surface area contributed by atoms with Gasteiger partial charge in [0, 0.05) is 18.0 Å². The van der Waals surface area contributed by atoms with Crippen molar-refractivity contribution in [2.75, 3.05) is 0 Å². The Morgan fingerprint density at radius 2 is 1.71 bits per heavy atom. The third-order valence-electron chi connectivity index (χ3n) is 2.60. The lowest BCUT2D eigenvalue weighted by Gasteiger charge is -2.19. The average molecular weight is 285 g/mol. The number of aromatic nitrogens is 2. The molecule has 1 N–H and O–H groups in total. The van der Waals surface area contributed by atoms with Gasteiger partial charge in [-0.1, -0.05) is 30.3 Å². The fourth-order valence-electron chi connectivity index (χ4n) is 1.69. The van der Waals surface area contributed by atoms with Crippen LogP contribution >= 0.6 is 0 Å². The van der Waals surface area contributed by atoms with Gasteiger partial charge in [-0.2, -0.15) is 0 Å². The summed E-state index contributed by atoms with van der Waals surface area (Å²) in [5, 5.41) is 2.63. The maximum absolute atomic E-state index is 11.5. The zero-order chi connectivity index (χ0) is 15.3. The van der Waals surface area contributed by atoms with Crippen LogP contribution in [-0.4, -0.2) is 21.7 Å². The lowest BCUT2D eigenvalue weighted by atomic mass is 10.1. The lowest BCUT2D eigenvalue weighted by molar-refractivity contribution is 0.0522. The average Bonchev–Trinajstić information content (AvgIpc) is 2.45. The van der Waals surface area contributed by atoms with Crippen LogP contribution in [0.1, 0.15) is 26.6 Å². The Labute approximate surface area is 124 Å². The normalized spacial score (nSPS) is 11.0. The summed E-state index contributed by atoms with van der Waals surface area (Å²) in [6.45, 7) is 5.69. The second kappa shape index (κ2) is 6.35. The summed E-state index contributed by atoms with van der Waals surface area (Å²) >= 11 is 0. The number of hydrogen-bond donors (Lipinski definition) is 1. The van der Waals surface area contributed by atoms with E-state index >= 15 is 0 Å². The van der Waals surface area contributed by atoms with E-state index in [1.54, 1.807) is 12.4 Å². The Balaban J connectivity index is 1.93. The predicted octanol–water partition coefficient (Wildman–Crippen LogP) is 3.17. The first-order valence-electron chi connectivity index (χ1n) is 6.77. The molecule has 0 aliphatic rings. The molecule has 110 valence electrons. The van der Waals surface area contributed by atoms with Gasteiger partial charge in [0.25, 0.3) is 0 Å². The molecular formula is C16H19N3O2. The third-order valence-corrected chi connectivity index (χ3v) is 2.60. The molecule has 5 heteroatoms. The van der Waals surface area contributed by atoms with Crippen molar-refractivity contribution in [3.63, 3.8) is 0 Å². The van der Waals surface area contributed by atoms with Crippen LogP contribution in [-0.2, 0) is 11.3 Å². The molecule has 5 nitrogen and oxygen atoms in total. The van der Waals surface area contributed by atoms with Crippen LogP contribution in [0.3, 0.4) is 0 Å². The summed E-state index contributed by atoms with van der Waals surface area (Å²) in [6, 6.07) is 9.89. The zero-order valence-corrected chi connectivity index (χ0v) is 12.5. The highest BCUT2D eigenvalue weighted by molar-refractivity contribution is 5.67. The van der Waals surface area contributed by atoms with Crippen molar-refractivity contribution in [2.24, 2.45) is 0 Å². The highest BCUT2D eigenvalue weighted by atomic mass is 16.6. The summed E-state index contributed by atoms with van der Waals surface area (Å²) in [5.41, 5.74) is 1.49. The van der Waals surface area contributed by atoms with Gasteiger partial charge in [0.2, 0.25) is 0 Å². The summed E-state index contributed by atoms with van der Waals surface area (Å²) in [7, 11) is 0. The third kappa shape index (κ3) is 4.87. The Morgan fingerprint density at radius 1 is 1.10 bits per heavy atom. The molecule has 1 aromatic carbocycles. The zero-order valence-electron chi connectivity index (χ0n) is 12.5. The van der Waals surface area contributed by atoms with Crippen LogP contribution < -0.4 is 5.32 Å². The summed E-state index contributed by atoms with van der Waals surface area (Å²) in [5.74, 6) is 0.542. The summed E-state index contributed by atoms with van der Waals surface area (Å²) < 4.78 is 5.15. The van der Waals surface area contributed by atoms with Crippen molar-refractivity contribution in [1.29, 1.82) is 0 Å². The molecule has 0 spiro atoms. The van der Waals surface area contributed by atoms with Gasteiger partial charge < -0.3 is 10.1 Å². The SMILES string of the molecule is CC(C)(C)OC(=O)NCc1ncc(-c2ccccc2)cn1. The maximum atomic E-state index is 11.5. The van der Waals surface area contributed by atoms with E-state index in [1.807, 2.05) is 51.1 Å². The van der Waals surface area contributed by atoms with E-state index in [1.165, 1.54) is 0 Å². The first-order valence-corrected chi connectivity index (χ1v) is 6.77. The molecule has 2 rings (SSSR count). The molecule has 1 amide bonds. The summed E-state index contributed by atoms with van der Waals surface area (Å²) in [6.07, 6.45) is 3.02. The van der Waals surface area contributed by atoms with Crippen molar-refractivity contribution in [2.45, 2.75) is 32.9 Å². The van der Waals surface area contributed by atoms with Crippen molar-refractivity contribution < 1.29 is 9.53 Å². The number of alkyl carbamates (subject to hydrolysis) is 1. The Hall–Kier alpha value is -2.43. The lowest BCUT2D eigenvalue weighted by Crippen LogP contribution is -2.32. The minimum absolute atomic E-state index is 0.240. The molecule has 0 unspecified atom stereocenters. The number of rotatable bonds is 3. The number of ether oxygens (including phenoxy) is 1. The van der Waals surface area contributed by atoms with E-state index in [-0.39, 0.29) is 6.54 Å². The molecule has 21 heavy (non-hydrogen) atoms. The molecule has 0 radical (unpaired) electrons. The van der Waals surface area contributed by atoms with Crippen molar-refractivity contribution >= 4 is 6.09 Å². The largest absolute Gasteiger partial charge is 0.444 e.